The number of allylic oxidation sites excluding steroid dienone is 2. The molecule has 0 spiro atoms. The summed E-state index contributed by atoms with van der Waals surface area (Å²) in [7, 11) is 0. The van der Waals surface area contributed by atoms with Crippen LogP contribution in [0.2, 0.25) is 0 Å². The normalized spacial score (nSPS) is 10.0. The quantitative estimate of drug-likeness (QED) is 0.0914. The molecular weight excluding hydrogens is 733 g/mol. The highest BCUT2D eigenvalue weighted by atomic mass is 16.5. The number of hydrogen-bond acceptors (Lipinski definition) is 11. The zero-order chi connectivity index (χ0) is 43.4. The van der Waals surface area contributed by atoms with Crippen molar-refractivity contribution < 1.29 is 34.0 Å². The highest BCUT2D eigenvalue weighted by Gasteiger charge is 2.12. The van der Waals surface area contributed by atoms with E-state index in [2.05, 4.69) is 27.7 Å². The predicted octanol–water partition coefficient (Wildman–Crippen LogP) is 9.51. The topological polar surface area (TPSA) is 190 Å². The summed E-state index contributed by atoms with van der Waals surface area (Å²) in [6.45, 7) is 12.6. The maximum absolute atomic E-state index is 12.0. The van der Waals surface area contributed by atoms with E-state index in [-0.39, 0.29) is 37.6 Å². The van der Waals surface area contributed by atoms with Gasteiger partial charge in [-0.1, -0.05) is 115 Å². The van der Waals surface area contributed by atoms with Gasteiger partial charge in [-0.15, -0.1) is 0 Å². The zero-order valence-electron chi connectivity index (χ0n) is 34.2. The number of carbonyl (C=O) groups excluding carboxylic acids is 1. The second-order valence-corrected chi connectivity index (χ2v) is 11.6. The van der Waals surface area contributed by atoms with Crippen molar-refractivity contribution in [1.29, 1.82) is 21.0 Å². The van der Waals surface area contributed by atoms with Gasteiger partial charge in [-0.05, 0) is 71.8 Å². The molecule has 0 saturated heterocycles. The Balaban J connectivity index is 0.000000952. The van der Waals surface area contributed by atoms with E-state index in [0.717, 1.165) is 5.56 Å². The summed E-state index contributed by atoms with van der Waals surface area (Å²) < 4.78 is 21.4. The number of nitrogens with zero attached hydrogens (tertiary/aromatic N) is 4. The van der Waals surface area contributed by atoms with Crippen molar-refractivity contribution in [2.45, 2.75) is 66.6 Å². The van der Waals surface area contributed by atoms with E-state index >= 15 is 0 Å². The van der Waals surface area contributed by atoms with Gasteiger partial charge >= 0.3 is 5.97 Å². The summed E-state index contributed by atoms with van der Waals surface area (Å²) in [5.74, 6) is 1.32. The van der Waals surface area contributed by atoms with E-state index in [9.17, 15) is 15.0 Å². The van der Waals surface area contributed by atoms with Crippen LogP contribution in [0.15, 0.2) is 120 Å². The Morgan fingerprint density at radius 2 is 0.845 bits per heavy atom. The summed E-state index contributed by atoms with van der Waals surface area (Å²) in [5.41, 5.74) is 1.66. The van der Waals surface area contributed by atoms with Crippen LogP contribution in [0.5, 0.6) is 17.2 Å². The van der Waals surface area contributed by atoms with Crippen molar-refractivity contribution in [3.63, 3.8) is 0 Å². The molecule has 0 aliphatic rings. The lowest BCUT2D eigenvalue weighted by molar-refractivity contribution is 0.0130. The molecule has 0 amide bonds. The first kappa shape index (κ1) is 51.1. The fourth-order valence-electron chi connectivity index (χ4n) is 3.85. The lowest BCUT2D eigenvalue weighted by atomic mass is 10.1. The summed E-state index contributed by atoms with van der Waals surface area (Å²) in [6, 6.07) is 38.5. The van der Waals surface area contributed by atoms with Gasteiger partial charge in [-0.2, -0.15) is 21.0 Å². The van der Waals surface area contributed by atoms with Crippen molar-refractivity contribution in [2.24, 2.45) is 0 Å². The van der Waals surface area contributed by atoms with Crippen molar-refractivity contribution in [2.75, 3.05) is 26.4 Å². The fourth-order valence-corrected chi connectivity index (χ4v) is 3.85. The average Bonchev–Trinajstić information content (AvgIpc) is 3.27. The van der Waals surface area contributed by atoms with Gasteiger partial charge in [0, 0.05) is 0 Å². The van der Waals surface area contributed by atoms with Crippen LogP contribution in [0.25, 0.3) is 12.2 Å². The van der Waals surface area contributed by atoms with Gasteiger partial charge in [-0.3, -0.25) is 0 Å². The van der Waals surface area contributed by atoms with Gasteiger partial charge in [0.15, 0.2) is 0 Å². The van der Waals surface area contributed by atoms with Crippen LogP contribution in [0.1, 0.15) is 75.9 Å². The molecule has 0 aromatic heterocycles. The van der Waals surface area contributed by atoms with E-state index < -0.39 is 18.2 Å². The van der Waals surface area contributed by atoms with E-state index in [4.69, 9.17) is 40.0 Å². The molecule has 11 heteroatoms. The number of esters is 1. The Hall–Kier alpha value is -6.89. The summed E-state index contributed by atoms with van der Waals surface area (Å²) >= 11 is 0. The standard InChI is InChI=1S/C20H16N2O4.C19H16N2O3.2C3H8.C2H6/c21-11-16(12-22)10-15-6-8-17(9-7-15)20(24)26-14-18(23)13-25-19-4-2-1-3-5-19;20-11-16(12-21)10-15-6-8-19(9-7-15)24-14-17(22)13-23-18-4-2-1-3-5-18;2*1-3-2;1-2/h1-10,18,23H,13-14H2;1-10,17,22H,13-14H2;2*3H2,1-2H3;1-2H3. The Morgan fingerprint density at radius 3 is 1.19 bits per heavy atom. The molecule has 58 heavy (non-hydrogen) atoms. The van der Waals surface area contributed by atoms with Crippen LogP contribution < -0.4 is 14.2 Å². The maximum Gasteiger partial charge on any atom is 0.338 e. The molecule has 304 valence electrons. The molecule has 4 rings (SSSR count). The van der Waals surface area contributed by atoms with Gasteiger partial charge in [0.05, 0.1) is 5.56 Å². The molecule has 0 bridgehead atoms. The largest absolute Gasteiger partial charge is 0.491 e. The predicted molar refractivity (Wildman–Crippen MR) is 226 cm³/mol. The van der Waals surface area contributed by atoms with Crippen molar-refractivity contribution >= 4 is 18.1 Å². The molecule has 11 nitrogen and oxygen atoms in total. The minimum Gasteiger partial charge on any atom is -0.491 e. The number of benzene rings is 4. The molecule has 4 aromatic carbocycles. The van der Waals surface area contributed by atoms with Gasteiger partial charge in [0.1, 0.15) is 91.3 Å². The van der Waals surface area contributed by atoms with Crippen molar-refractivity contribution in [3.05, 3.63) is 137 Å². The first-order chi connectivity index (χ1) is 28.2. The SMILES string of the molecule is CC.CCC.CCC.N#CC(C#N)=Cc1ccc(C(=O)OCC(O)COc2ccccc2)cc1.N#CC(C#N)=Cc1ccc(OCC(O)COc2ccccc2)cc1. The minimum absolute atomic E-state index is 0.00607. The molecule has 0 aliphatic heterocycles. The van der Waals surface area contributed by atoms with E-state index in [1.807, 2.05) is 62.4 Å². The smallest absolute Gasteiger partial charge is 0.338 e. The van der Waals surface area contributed by atoms with Crippen molar-refractivity contribution in [1.82, 2.24) is 0 Å². The van der Waals surface area contributed by atoms with Crippen LogP contribution in [-0.2, 0) is 4.74 Å². The number of carbonyl (C=O) groups is 1. The number of para-hydroxylation sites is 2. The second kappa shape index (κ2) is 33.4. The van der Waals surface area contributed by atoms with E-state index in [1.165, 1.54) is 37.1 Å². The van der Waals surface area contributed by atoms with Gasteiger partial charge < -0.3 is 29.2 Å². The van der Waals surface area contributed by atoms with Crippen LogP contribution >= 0.6 is 0 Å². The summed E-state index contributed by atoms with van der Waals surface area (Å²) in [4.78, 5) is 12.0. The third kappa shape index (κ3) is 23.8. The lowest BCUT2D eigenvalue weighted by Gasteiger charge is -2.13. The number of nitriles is 4. The molecule has 0 fully saturated rings. The Kier molecular flexibility index (Phi) is 29.5. The molecule has 0 aliphatic carbocycles. The molecule has 4 aromatic rings. The van der Waals surface area contributed by atoms with Gasteiger partial charge in [0.25, 0.3) is 0 Å². The lowest BCUT2D eigenvalue weighted by Crippen LogP contribution is -2.25. The zero-order valence-corrected chi connectivity index (χ0v) is 34.2. The fraction of sp³-hybridized carbons (Fsp3) is 0.298. The highest BCUT2D eigenvalue weighted by Crippen LogP contribution is 2.16. The first-order valence-corrected chi connectivity index (χ1v) is 18.9. The maximum atomic E-state index is 12.0. The Labute approximate surface area is 343 Å². The molecule has 2 N–H and O–H groups in total. The number of aliphatic hydroxyl groups is 2. The second-order valence-electron chi connectivity index (χ2n) is 11.6. The minimum atomic E-state index is -0.949. The Bertz CT molecular complexity index is 1890. The van der Waals surface area contributed by atoms with E-state index in [0.29, 0.717) is 28.4 Å². The Morgan fingerprint density at radius 1 is 0.534 bits per heavy atom. The molecule has 2 unspecified atom stereocenters. The number of hydrogen-bond donors (Lipinski definition) is 2. The number of ether oxygens (including phenoxy) is 4. The van der Waals surface area contributed by atoms with E-state index in [1.54, 1.807) is 72.8 Å². The summed E-state index contributed by atoms with van der Waals surface area (Å²) in [5, 5.41) is 54.6. The van der Waals surface area contributed by atoms with Gasteiger partial charge in [-0.25, -0.2) is 4.79 Å². The van der Waals surface area contributed by atoms with Crippen molar-refractivity contribution in [3.8, 4) is 41.5 Å². The van der Waals surface area contributed by atoms with Gasteiger partial charge in [0.2, 0.25) is 0 Å². The average molecular weight is 787 g/mol. The first-order valence-electron chi connectivity index (χ1n) is 18.9. The van der Waals surface area contributed by atoms with Crippen LogP contribution in [0.4, 0.5) is 0 Å². The van der Waals surface area contributed by atoms with Crippen LogP contribution in [-0.4, -0.2) is 54.8 Å². The number of aliphatic hydroxyl groups excluding tert-OH is 2. The molecular formula is C47H54N4O7. The molecule has 0 saturated carbocycles. The molecule has 2 atom stereocenters. The monoisotopic (exact) mass is 786 g/mol. The number of rotatable bonds is 14. The third-order valence-electron chi connectivity index (χ3n) is 6.35. The molecule has 0 heterocycles. The van der Waals surface area contributed by atoms with Crippen LogP contribution in [0.3, 0.4) is 0 Å². The summed E-state index contributed by atoms with van der Waals surface area (Å²) in [6.07, 6.45) is 3.70. The molecule has 0 radical (unpaired) electrons. The third-order valence-corrected chi connectivity index (χ3v) is 6.35. The highest BCUT2D eigenvalue weighted by molar-refractivity contribution is 5.89. The van der Waals surface area contributed by atoms with Crippen LogP contribution in [0, 0.1) is 45.3 Å².